The molecular formula is C14H21NOS. The molecule has 0 amide bonds. The summed E-state index contributed by atoms with van der Waals surface area (Å²) in [4.78, 5) is 0. The Morgan fingerprint density at radius 1 is 1.35 bits per heavy atom. The summed E-state index contributed by atoms with van der Waals surface area (Å²) >= 11 is 2.07. The summed E-state index contributed by atoms with van der Waals surface area (Å²) in [6.45, 7) is 4.17. The Hall–Kier alpha value is -0.670. The predicted octanol–water partition coefficient (Wildman–Crippen LogP) is 2.94. The molecule has 2 rings (SSSR count). The largest absolute Gasteiger partial charge is 0.494 e. The highest BCUT2D eigenvalue weighted by molar-refractivity contribution is 8.00. The van der Waals surface area contributed by atoms with Crippen molar-refractivity contribution < 1.29 is 4.74 Å². The molecular weight excluding hydrogens is 230 g/mol. The van der Waals surface area contributed by atoms with E-state index in [0.29, 0.717) is 6.04 Å². The maximum absolute atomic E-state index is 5.65. The molecule has 17 heavy (non-hydrogen) atoms. The van der Waals surface area contributed by atoms with Crippen molar-refractivity contribution in [2.45, 2.75) is 31.1 Å². The van der Waals surface area contributed by atoms with Gasteiger partial charge in [-0.2, -0.15) is 11.8 Å². The molecule has 1 fully saturated rings. The van der Waals surface area contributed by atoms with E-state index in [2.05, 4.69) is 24.0 Å². The summed E-state index contributed by atoms with van der Waals surface area (Å²) in [5, 5.41) is 4.39. The van der Waals surface area contributed by atoms with E-state index in [0.717, 1.165) is 30.6 Å². The molecule has 0 saturated carbocycles. The van der Waals surface area contributed by atoms with Crippen LogP contribution in [0.15, 0.2) is 30.3 Å². The van der Waals surface area contributed by atoms with Crippen LogP contribution in [0.5, 0.6) is 5.75 Å². The van der Waals surface area contributed by atoms with E-state index in [1.165, 1.54) is 12.2 Å². The molecule has 1 heterocycles. The smallest absolute Gasteiger partial charge is 0.119 e. The molecule has 2 nitrogen and oxygen atoms in total. The van der Waals surface area contributed by atoms with Crippen LogP contribution in [-0.2, 0) is 0 Å². The van der Waals surface area contributed by atoms with Gasteiger partial charge in [-0.15, -0.1) is 0 Å². The van der Waals surface area contributed by atoms with Crippen molar-refractivity contribution in [3.63, 3.8) is 0 Å². The first-order valence-electron chi connectivity index (χ1n) is 6.39. The number of benzene rings is 1. The first kappa shape index (κ1) is 12.8. The first-order chi connectivity index (χ1) is 8.36. The molecule has 1 aromatic carbocycles. The molecule has 0 radical (unpaired) electrons. The standard InChI is InChI=1S/C14H21NOS/c1-12-14(8-11-17-12)15-9-5-10-16-13-6-3-2-4-7-13/h2-4,6-7,12,14-15H,5,8-11H2,1H3. The molecule has 94 valence electrons. The Kier molecular flexibility index (Phi) is 5.20. The Balaban J connectivity index is 1.55. The van der Waals surface area contributed by atoms with E-state index in [4.69, 9.17) is 4.74 Å². The highest BCUT2D eigenvalue weighted by atomic mass is 32.2. The van der Waals surface area contributed by atoms with Gasteiger partial charge in [-0.1, -0.05) is 25.1 Å². The van der Waals surface area contributed by atoms with E-state index >= 15 is 0 Å². The Labute approximate surface area is 108 Å². The fourth-order valence-corrected chi connectivity index (χ4v) is 3.29. The zero-order chi connectivity index (χ0) is 11.9. The van der Waals surface area contributed by atoms with Gasteiger partial charge in [0.25, 0.3) is 0 Å². The maximum atomic E-state index is 5.65. The van der Waals surface area contributed by atoms with E-state index in [9.17, 15) is 0 Å². The monoisotopic (exact) mass is 251 g/mol. The second kappa shape index (κ2) is 6.92. The van der Waals surface area contributed by atoms with Gasteiger partial charge in [-0.3, -0.25) is 0 Å². The summed E-state index contributed by atoms with van der Waals surface area (Å²) in [5.74, 6) is 2.27. The van der Waals surface area contributed by atoms with Crippen LogP contribution in [0.4, 0.5) is 0 Å². The molecule has 0 spiro atoms. The van der Waals surface area contributed by atoms with E-state index in [1.807, 2.05) is 30.3 Å². The zero-order valence-corrected chi connectivity index (χ0v) is 11.2. The molecule has 1 aliphatic heterocycles. The van der Waals surface area contributed by atoms with E-state index in [1.54, 1.807) is 0 Å². The highest BCUT2D eigenvalue weighted by Crippen LogP contribution is 2.25. The van der Waals surface area contributed by atoms with Gasteiger partial charge in [0, 0.05) is 11.3 Å². The summed E-state index contributed by atoms with van der Waals surface area (Å²) in [6.07, 6.45) is 2.38. The Morgan fingerprint density at radius 3 is 2.88 bits per heavy atom. The van der Waals surface area contributed by atoms with Crippen molar-refractivity contribution in [3.8, 4) is 5.75 Å². The van der Waals surface area contributed by atoms with Crippen LogP contribution in [0.25, 0.3) is 0 Å². The lowest BCUT2D eigenvalue weighted by molar-refractivity contribution is 0.304. The molecule has 1 saturated heterocycles. The molecule has 3 heteroatoms. The Morgan fingerprint density at radius 2 is 2.18 bits per heavy atom. The molecule has 2 atom stereocenters. The molecule has 2 unspecified atom stereocenters. The molecule has 0 aliphatic carbocycles. The fraction of sp³-hybridized carbons (Fsp3) is 0.571. The van der Waals surface area contributed by atoms with Crippen molar-refractivity contribution in [2.75, 3.05) is 18.9 Å². The van der Waals surface area contributed by atoms with Gasteiger partial charge in [-0.25, -0.2) is 0 Å². The van der Waals surface area contributed by atoms with Crippen LogP contribution < -0.4 is 10.1 Å². The topological polar surface area (TPSA) is 21.3 Å². The van der Waals surface area contributed by atoms with Gasteiger partial charge in [0.1, 0.15) is 5.75 Å². The minimum atomic E-state index is 0.705. The third-order valence-electron chi connectivity index (χ3n) is 3.12. The lowest BCUT2D eigenvalue weighted by atomic mass is 10.2. The van der Waals surface area contributed by atoms with Gasteiger partial charge in [0.2, 0.25) is 0 Å². The van der Waals surface area contributed by atoms with Crippen molar-refractivity contribution in [1.29, 1.82) is 0 Å². The van der Waals surface area contributed by atoms with Crippen LogP contribution >= 0.6 is 11.8 Å². The van der Waals surface area contributed by atoms with Crippen molar-refractivity contribution in [1.82, 2.24) is 5.32 Å². The number of thioether (sulfide) groups is 1. The Bertz CT molecular complexity index is 317. The van der Waals surface area contributed by atoms with Gasteiger partial charge in [0.05, 0.1) is 6.61 Å². The second-order valence-corrected chi connectivity index (χ2v) is 5.93. The number of hydrogen-bond acceptors (Lipinski definition) is 3. The maximum Gasteiger partial charge on any atom is 0.119 e. The fourth-order valence-electron chi connectivity index (χ4n) is 2.07. The first-order valence-corrected chi connectivity index (χ1v) is 7.44. The number of para-hydroxylation sites is 1. The van der Waals surface area contributed by atoms with Gasteiger partial charge < -0.3 is 10.1 Å². The lowest BCUT2D eigenvalue weighted by Gasteiger charge is -2.16. The SMILES string of the molecule is CC1SCCC1NCCCOc1ccccc1. The van der Waals surface area contributed by atoms with Crippen LogP contribution in [0.2, 0.25) is 0 Å². The quantitative estimate of drug-likeness (QED) is 0.786. The molecule has 1 N–H and O–H groups in total. The van der Waals surface area contributed by atoms with Crippen LogP contribution in [0.1, 0.15) is 19.8 Å². The zero-order valence-electron chi connectivity index (χ0n) is 10.4. The summed E-state index contributed by atoms with van der Waals surface area (Å²) in [5.41, 5.74) is 0. The van der Waals surface area contributed by atoms with E-state index < -0.39 is 0 Å². The third kappa shape index (κ3) is 4.25. The number of rotatable bonds is 6. The average Bonchev–Trinajstić information content (AvgIpc) is 2.76. The van der Waals surface area contributed by atoms with Crippen LogP contribution in [0, 0.1) is 0 Å². The number of nitrogens with one attached hydrogen (secondary N) is 1. The van der Waals surface area contributed by atoms with Crippen LogP contribution in [-0.4, -0.2) is 30.2 Å². The van der Waals surface area contributed by atoms with E-state index in [-0.39, 0.29) is 0 Å². The average molecular weight is 251 g/mol. The summed E-state index contributed by atoms with van der Waals surface area (Å²) in [7, 11) is 0. The molecule has 1 aliphatic rings. The van der Waals surface area contributed by atoms with Gasteiger partial charge >= 0.3 is 0 Å². The summed E-state index contributed by atoms with van der Waals surface area (Å²) < 4.78 is 5.65. The minimum Gasteiger partial charge on any atom is -0.494 e. The number of ether oxygens (including phenoxy) is 1. The van der Waals surface area contributed by atoms with Crippen molar-refractivity contribution in [3.05, 3.63) is 30.3 Å². The second-order valence-electron chi connectivity index (χ2n) is 4.44. The van der Waals surface area contributed by atoms with Gasteiger partial charge in [0.15, 0.2) is 0 Å². The molecule has 1 aromatic rings. The number of hydrogen-bond donors (Lipinski definition) is 1. The minimum absolute atomic E-state index is 0.705. The van der Waals surface area contributed by atoms with Crippen LogP contribution in [0.3, 0.4) is 0 Å². The highest BCUT2D eigenvalue weighted by Gasteiger charge is 2.22. The molecule has 0 bridgehead atoms. The van der Waals surface area contributed by atoms with Crippen molar-refractivity contribution in [2.24, 2.45) is 0 Å². The third-order valence-corrected chi connectivity index (χ3v) is 4.44. The predicted molar refractivity (Wildman–Crippen MR) is 74.9 cm³/mol. The summed E-state index contributed by atoms with van der Waals surface area (Å²) in [6, 6.07) is 10.7. The van der Waals surface area contributed by atoms with Crippen molar-refractivity contribution >= 4 is 11.8 Å². The molecule has 0 aromatic heterocycles. The normalized spacial score (nSPS) is 23.8. The van der Waals surface area contributed by atoms with Gasteiger partial charge in [-0.05, 0) is 37.3 Å². The lowest BCUT2D eigenvalue weighted by Crippen LogP contribution is -2.34.